The topological polar surface area (TPSA) is 51.0 Å². The van der Waals surface area contributed by atoms with Crippen LogP contribution in [0.5, 0.6) is 0 Å². The smallest absolute Gasteiger partial charge is 0.232 e. The van der Waals surface area contributed by atoms with Crippen LogP contribution in [0.2, 0.25) is 0 Å². The summed E-state index contributed by atoms with van der Waals surface area (Å²) in [4.78, 5) is 14.4. The molecule has 1 fully saturated rings. The molecule has 2 aromatic carbocycles. The zero-order valence-corrected chi connectivity index (χ0v) is 15.9. The summed E-state index contributed by atoms with van der Waals surface area (Å²) in [5.41, 5.74) is 3.19. The Bertz CT molecular complexity index is 881. The lowest BCUT2D eigenvalue weighted by molar-refractivity contribution is -0.127. The zero-order chi connectivity index (χ0) is 18.5. The predicted octanol–water partition coefficient (Wildman–Crippen LogP) is 3.65. The molecule has 0 radical (unpaired) electrons. The van der Waals surface area contributed by atoms with Gasteiger partial charge in [0.25, 0.3) is 0 Å². The van der Waals surface area contributed by atoms with Gasteiger partial charge in [-0.25, -0.2) is 4.68 Å². The first kappa shape index (κ1) is 17.8. The molecule has 0 N–H and O–H groups in total. The Hall–Kier alpha value is -2.60. The van der Waals surface area contributed by atoms with Gasteiger partial charge in [0.2, 0.25) is 5.91 Å². The summed E-state index contributed by atoms with van der Waals surface area (Å²) in [6.07, 6.45) is 2.91. The van der Waals surface area contributed by atoms with E-state index in [4.69, 9.17) is 0 Å². The maximum absolute atomic E-state index is 12.5. The quantitative estimate of drug-likeness (QED) is 0.657. The lowest BCUT2D eigenvalue weighted by Crippen LogP contribution is -2.30. The van der Waals surface area contributed by atoms with Crippen molar-refractivity contribution in [2.24, 2.45) is 0 Å². The molecule has 1 aliphatic rings. The summed E-state index contributed by atoms with van der Waals surface area (Å²) in [5.74, 6) is 1.60. The van der Waals surface area contributed by atoms with Crippen molar-refractivity contribution in [1.82, 2.24) is 19.9 Å². The van der Waals surface area contributed by atoms with Gasteiger partial charge < -0.3 is 4.90 Å². The molecule has 0 saturated carbocycles. The fourth-order valence-corrected chi connectivity index (χ4v) is 4.19. The fraction of sp³-hybridized carbons (Fsp3) is 0.286. The Kier molecular flexibility index (Phi) is 5.53. The van der Waals surface area contributed by atoms with Gasteiger partial charge in [0.05, 0.1) is 18.0 Å². The molecule has 6 heteroatoms. The SMILES string of the molecule is O=C(CSCc1ccccc1)N1CC[C@@H](n2cc(-c3ccccc3)nn2)C1. The molecule has 4 rings (SSSR count). The highest BCUT2D eigenvalue weighted by atomic mass is 32.2. The minimum Gasteiger partial charge on any atom is -0.340 e. The summed E-state index contributed by atoms with van der Waals surface area (Å²) >= 11 is 1.67. The molecule has 1 aromatic heterocycles. The first-order valence-electron chi connectivity index (χ1n) is 9.16. The van der Waals surface area contributed by atoms with Crippen molar-refractivity contribution in [2.75, 3.05) is 18.8 Å². The van der Waals surface area contributed by atoms with Crippen molar-refractivity contribution in [3.8, 4) is 11.3 Å². The Labute approximate surface area is 163 Å². The third-order valence-corrected chi connectivity index (χ3v) is 5.80. The molecule has 138 valence electrons. The summed E-state index contributed by atoms with van der Waals surface area (Å²) in [6, 6.07) is 20.5. The van der Waals surface area contributed by atoms with Crippen LogP contribution in [0.1, 0.15) is 18.0 Å². The fourth-order valence-electron chi connectivity index (χ4n) is 3.30. The van der Waals surface area contributed by atoms with Gasteiger partial charge in [-0.15, -0.1) is 16.9 Å². The lowest BCUT2D eigenvalue weighted by atomic mass is 10.2. The summed E-state index contributed by atoms with van der Waals surface area (Å²) in [7, 11) is 0. The molecular formula is C21H22N4OS. The van der Waals surface area contributed by atoms with Gasteiger partial charge in [0.15, 0.2) is 0 Å². The van der Waals surface area contributed by atoms with Crippen molar-refractivity contribution in [3.05, 3.63) is 72.4 Å². The third kappa shape index (κ3) is 4.39. The summed E-state index contributed by atoms with van der Waals surface area (Å²) in [5, 5.41) is 8.58. The van der Waals surface area contributed by atoms with Crippen LogP contribution in [-0.4, -0.2) is 44.6 Å². The van der Waals surface area contributed by atoms with Crippen molar-refractivity contribution in [1.29, 1.82) is 0 Å². The van der Waals surface area contributed by atoms with E-state index < -0.39 is 0 Å². The van der Waals surface area contributed by atoms with Gasteiger partial charge in [-0.05, 0) is 12.0 Å². The second-order valence-electron chi connectivity index (χ2n) is 6.71. The molecule has 0 spiro atoms. The highest BCUT2D eigenvalue weighted by Gasteiger charge is 2.28. The number of nitrogens with zero attached hydrogens (tertiary/aromatic N) is 4. The number of aromatic nitrogens is 3. The van der Waals surface area contributed by atoms with E-state index in [1.54, 1.807) is 11.8 Å². The lowest BCUT2D eigenvalue weighted by Gasteiger charge is -2.16. The van der Waals surface area contributed by atoms with E-state index in [1.807, 2.05) is 64.3 Å². The van der Waals surface area contributed by atoms with E-state index in [9.17, 15) is 4.79 Å². The van der Waals surface area contributed by atoms with E-state index >= 15 is 0 Å². The molecule has 0 aliphatic carbocycles. The van der Waals surface area contributed by atoms with Crippen molar-refractivity contribution >= 4 is 17.7 Å². The molecule has 1 amide bonds. The number of carbonyl (C=O) groups is 1. The number of carbonyl (C=O) groups excluding carboxylic acids is 1. The molecule has 1 atom stereocenters. The van der Waals surface area contributed by atoms with Crippen LogP contribution in [0.4, 0.5) is 0 Å². The maximum atomic E-state index is 12.5. The zero-order valence-electron chi connectivity index (χ0n) is 15.1. The Morgan fingerprint density at radius 1 is 1.07 bits per heavy atom. The number of likely N-dealkylation sites (tertiary alicyclic amines) is 1. The highest BCUT2D eigenvalue weighted by molar-refractivity contribution is 7.99. The number of amides is 1. The van der Waals surface area contributed by atoms with Gasteiger partial charge in [-0.1, -0.05) is 65.9 Å². The number of hydrogen-bond acceptors (Lipinski definition) is 4. The third-order valence-electron chi connectivity index (χ3n) is 4.81. The second-order valence-corrected chi connectivity index (χ2v) is 7.70. The number of benzene rings is 2. The van der Waals surface area contributed by atoms with Crippen LogP contribution in [-0.2, 0) is 10.5 Å². The average Bonchev–Trinajstić information content (AvgIpc) is 3.39. The van der Waals surface area contributed by atoms with Gasteiger partial charge >= 0.3 is 0 Å². The molecule has 1 saturated heterocycles. The van der Waals surface area contributed by atoms with Crippen LogP contribution in [0.3, 0.4) is 0 Å². The highest BCUT2D eigenvalue weighted by Crippen LogP contribution is 2.24. The number of rotatable bonds is 6. The molecular weight excluding hydrogens is 356 g/mol. The van der Waals surface area contributed by atoms with Gasteiger partial charge in [0.1, 0.15) is 5.69 Å². The van der Waals surface area contributed by atoms with E-state index in [0.717, 1.165) is 30.0 Å². The van der Waals surface area contributed by atoms with E-state index in [-0.39, 0.29) is 11.9 Å². The van der Waals surface area contributed by atoms with Crippen LogP contribution < -0.4 is 0 Å². The van der Waals surface area contributed by atoms with Crippen LogP contribution >= 0.6 is 11.8 Å². The van der Waals surface area contributed by atoms with E-state index in [0.29, 0.717) is 12.3 Å². The predicted molar refractivity (Wildman–Crippen MR) is 108 cm³/mol. The van der Waals surface area contributed by atoms with Crippen molar-refractivity contribution in [3.63, 3.8) is 0 Å². The minimum atomic E-state index is 0.207. The van der Waals surface area contributed by atoms with Crippen LogP contribution in [0.25, 0.3) is 11.3 Å². The Morgan fingerprint density at radius 2 is 1.81 bits per heavy atom. The largest absolute Gasteiger partial charge is 0.340 e. The molecule has 2 heterocycles. The van der Waals surface area contributed by atoms with Gasteiger partial charge in [0, 0.05) is 24.4 Å². The Balaban J connectivity index is 1.29. The first-order valence-corrected chi connectivity index (χ1v) is 10.3. The Morgan fingerprint density at radius 3 is 2.59 bits per heavy atom. The standard InChI is InChI=1S/C21H22N4OS/c26-21(16-27-15-17-7-3-1-4-8-17)24-12-11-19(13-24)25-14-20(22-23-25)18-9-5-2-6-10-18/h1-10,14,19H,11-13,15-16H2/t19-/m1/s1. The van der Waals surface area contributed by atoms with Crippen molar-refractivity contribution < 1.29 is 4.79 Å². The van der Waals surface area contributed by atoms with Gasteiger partial charge in [-0.2, -0.15) is 0 Å². The van der Waals surface area contributed by atoms with Crippen LogP contribution in [0.15, 0.2) is 66.9 Å². The van der Waals surface area contributed by atoms with E-state index in [2.05, 4.69) is 22.4 Å². The van der Waals surface area contributed by atoms with Gasteiger partial charge in [-0.3, -0.25) is 4.79 Å². The van der Waals surface area contributed by atoms with E-state index in [1.165, 1.54) is 5.56 Å². The molecule has 0 unspecified atom stereocenters. The molecule has 1 aliphatic heterocycles. The number of hydrogen-bond donors (Lipinski definition) is 0. The van der Waals surface area contributed by atoms with Crippen molar-refractivity contribution in [2.45, 2.75) is 18.2 Å². The first-order chi connectivity index (χ1) is 13.3. The van der Waals surface area contributed by atoms with Crippen LogP contribution in [0, 0.1) is 0 Å². The summed E-state index contributed by atoms with van der Waals surface area (Å²) < 4.78 is 1.91. The number of thioether (sulfide) groups is 1. The summed E-state index contributed by atoms with van der Waals surface area (Å²) in [6.45, 7) is 1.50. The normalized spacial score (nSPS) is 16.6. The average molecular weight is 379 g/mol. The molecule has 3 aromatic rings. The minimum absolute atomic E-state index is 0.207. The molecule has 5 nitrogen and oxygen atoms in total. The maximum Gasteiger partial charge on any atom is 0.232 e. The second kappa shape index (κ2) is 8.39. The molecule has 27 heavy (non-hydrogen) atoms. The monoisotopic (exact) mass is 378 g/mol. The molecule has 0 bridgehead atoms.